The van der Waals surface area contributed by atoms with Gasteiger partial charge in [0.05, 0.1) is 0 Å². The molecular formula is C6H13NO4. The van der Waals surface area contributed by atoms with Crippen molar-refractivity contribution in [3.8, 4) is 0 Å². The highest BCUT2D eigenvalue weighted by Crippen LogP contribution is 2.04. The van der Waals surface area contributed by atoms with Gasteiger partial charge in [0.2, 0.25) is 0 Å². The molecule has 0 aliphatic rings. The summed E-state index contributed by atoms with van der Waals surface area (Å²) in [6, 6.07) is 0. The van der Waals surface area contributed by atoms with E-state index in [9.17, 15) is 4.79 Å². The normalized spacial score (nSPS) is 11.5. The topological polar surface area (TPSA) is 81.8 Å². The van der Waals surface area contributed by atoms with Crippen molar-refractivity contribution in [2.45, 2.75) is 19.8 Å². The first-order valence-electron chi connectivity index (χ1n) is 3.37. The minimum atomic E-state index is -1.98. The van der Waals surface area contributed by atoms with Crippen molar-refractivity contribution in [1.29, 1.82) is 0 Å². The Morgan fingerprint density at radius 3 is 2.00 bits per heavy atom. The maximum atomic E-state index is 10.4. The summed E-state index contributed by atoms with van der Waals surface area (Å²) >= 11 is 0. The molecule has 0 radical (unpaired) electrons. The average Bonchev–Trinajstić information content (AvgIpc) is 1.88. The molecular weight excluding hydrogens is 150 g/mol. The Kier molecular flexibility index (Phi) is 4.02. The fourth-order valence-corrected chi connectivity index (χ4v) is 0.594. The minimum absolute atomic E-state index is 0.197. The van der Waals surface area contributed by atoms with Crippen molar-refractivity contribution in [3.05, 3.63) is 0 Å². The molecule has 0 atom stereocenters. The summed E-state index contributed by atoms with van der Waals surface area (Å²) in [6.45, 7) is 3.68. The van der Waals surface area contributed by atoms with Crippen LogP contribution in [0.2, 0.25) is 0 Å². The van der Waals surface area contributed by atoms with E-state index in [1.54, 1.807) is 13.8 Å². The van der Waals surface area contributed by atoms with Gasteiger partial charge in [0, 0.05) is 13.2 Å². The lowest BCUT2D eigenvalue weighted by atomic mass is 10.5. The summed E-state index contributed by atoms with van der Waals surface area (Å²) in [6.07, 6.45) is 0. The van der Waals surface area contributed by atoms with E-state index in [1.165, 1.54) is 0 Å². The van der Waals surface area contributed by atoms with Crippen molar-refractivity contribution in [1.82, 2.24) is 0 Å². The number of ether oxygens (including phenoxy) is 2. The summed E-state index contributed by atoms with van der Waals surface area (Å²) in [5, 5.41) is 8.52. The third-order valence-corrected chi connectivity index (χ3v) is 1.02. The minimum Gasteiger partial charge on any atom is -0.476 e. The van der Waals surface area contributed by atoms with Crippen LogP contribution < -0.4 is 5.73 Å². The van der Waals surface area contributed by atoms with E-state index in [0.717, 1.165) is 0 Å². The zero-order chi connectivity index (χ0) is 8.91. The van der Waals surface area contributed by atoms with Gasteiger partial charge in [-0.3, -0.25) is 5.73 Å². The second-order valence-corrected chi connectivity index (χ2v) is 1.84. The van der Waals surface area contributed by atoms with Crippen LogP contribution in [0.4, 0.5) is 0 Å². The quantitative estimate of drug-likeness (QED) is 0.546. The number of hydrogen-bond acceptors (Lipinski definition) is 4. The molecule has 66 valence electrons. The Labute approximate surface area is 65.1 Å². The molecule has 5 nitrogen and oxygen atoms in total. The molecule has 0 aliphatic carbocycles. The van der Waals surface area contributed by atoms with Crippen LogP contribution in [0, 0.1) is 0 Å². The summed E-state index contributed by atoms with van der Waals surface area (Å²) in [5.74, 6) is -3.30. The summed E-state index contributed by atoms with van der Waals surface area (Å²) in [7, 11) is 0. The van der Waals surface area contributed by atoms with E-state index >= 15 is 0 Å². The first kappa shape index (κ1) is 10.3. The van der Waals surface area contributed by atoms with Crippen molar-refractivity contribution in [3.63, 3.8) is 0 Å². The molecule has 0 aliphatic heterocycles. The van der Waals surface area contributed by atoms with Crippen LogP contribution in [0.1, 0.15) is 13.8 Å². The first-order chi connectivity index (χ1) is 5.06. The van der Waals surface area contributed by atoms with E-state index in [-0.39, 0.29) is 13.2 Å². The average molecular weight is 163 g/mol. The highest BCUT2D eigenvalue weighted by molar-refractivity contribution is 5.74. The third-order valence-electron chi connectivity index (χ3n) is 1.02. The summed E-state index contributed by atoms with van der Waals surface area (Å²) < 4.78 is 9.37. The Hall–Kier alpha value is -0.650. The SMILES string of the molecule is CCOC(N)(OCC)C(=O)O. The zero-order valence-corrected chi connectivity index (χ0v) is 6.66. The molecule has 0 amide bonds. The van der Waals surface area contributed by atoms with Crippen LogP contribution >= 0.6 is 0 Å². The van der Waals surface area contributed by atoms with Crippen molar-refractivity contribution in [2.75, 3.05) is 13.2 Å². The van der Waals surface area contributed by atoms with Gasteiger partial charge in [0.1, 0.15) is 0 Å². The Morgan fingerprint density at radius 1 is 1.45 bits per heavy atom. The smallest absolute Gasteiger partial charge is 0.381 e. The molecule has 0 aromatic carbocycles. The third kappa shape index (κ3) is 2.83. The second kappa shape index (κ2) is 4.27. The highest BCUT2D eigenvalue weighted by atomic mass is 16.7. The first-order valence-corrected chi connectivity index (χ1v) is 3.37. The number of hydrogen-bond donors (Lipinski definition) is 2. The predicted octanol–water partition coefficient (Wildman–Crippen LogP) is -0.244. The van der Waals surface area contributed by atoms with Gasteiger partial charge in [-0.05, 0) is 13.8 Å². The lowest BCUT2D eigenvalue weighted by Gasteiger charge is -2.23. The zero-order valence-electron chi connectivity index (χ0n) is 6.66. The number of carboxylic acids is 1. The van der Waals surface area contributed by atoms with Crippen LogP contribution in [-0.2, 0) is 14.3 Å². The molecule has 0 aromatic heterocycles. The fraction of sp³-hybridized carbons (Fsp3) is 0.833. The molecule has 0 aromatic rings. The van der Waals surface area contributed by atoms with Crippen LogP contribution in [-0.4, -0.2) is 30.2 Å². The lowest BCUT2D eigenvalue weighted by Crippen LogP contribution is -2.52. The van der Waals surface area contributed by atoms with Gasteiger partial charge in [0.15, 0.2) is 0 Å². The molecule has 0 saturated heterocycles. The molecule has 5 heteroatoms. The van der Waals surface area contributed by atoms with Gasteiger partial charge < -0.3 is 14.6 Å². The van der Waals surface area contributed by atoms with Crippen LogP contribution in [0.5, 0.6) is 0 Å². The van der Waals surface area contributed by atoms with E-state index in [2.05, 4.69) is 9.47 Å². The van der Waals surface area contributed by atoms with Crippen molar-refractivity contribution in [2.24, 2.45) is 5.73 Å². The van der Waals surface area contributed by atoms with Crippen LogP contribution in [0.3, 0.4) is 0 Å². The molecule has 0 fully saturated rings. The standard InChI is InChI=1S/C6H13NO4/c1-3-10-6(7,5(8)9)11-4-2/h3-4,7H2,1-2H3,(H,8,9). The van der Waals surface area contributed by atoms with Gasteiger partial charge in [-0.2, -0.15) is 0 Å². The maximum Gasteiger partial charge on any atom is 0.381 e. The molecule has 0 rings (SSSR count). The van der Waals surface area contributed by atoms with Crippen LogP contribution in [0.15, 0.2) is 0 Å². The molecule has 0 bridgehead atoms. The molecule has 11 heavy (non-hydrogen) atoms. The number of carboxylic acid groups (broad SMARTS) is 1. The second-order valence-electron chi connectivity index (χ2n) is 1.84. The highest BCUT2D eigenvalue weighted by Gasteiger charge is 2.35. The van der Waals surface area contributed by atoms with Gasteiger partial charge in [0.25, 0.3) is 0 Å². The molecule has 0 unspecified atom stereocenters. The Bertz CT molecular complexity index is 131. The number of aliphatic carboxylic acids is 1. The van der Waals surface area contributed by atoms with Gasteiger partial charge in [-0.1, -0.05) is 0 Å². The lowest BCUT2D eigenvalue weighted by molar-refractivity contribution is -0.239. The van der Waals surface area contributed by atoms with Crippen molar-refractivity contribution >= 4 is 5.97 Å². The van der Waals surface area contributed by atoms with Gasteiger partial charge in [-0.15, -0.1) is 0 Å². The molecule has 0 heterocycles. The predicted molar refractivity (Wildman–Crippen MR) is 37.8 cm³/mol. The van der Waals surface area contributed by atoms with E-state index in [1.807, 2.05) is 0 Å². The van der Waals surface area contributed by atoms with Gasteiger partial charge in [-0.25, -0.2) is 4.79 Å². The van der Waals surface area contributed by atoms with E-state index in [0.29, 0.717) is 0 Å². The number of nitrogens with two attached hydrogens (primary N) is 1. The molecule has 3 N–H and O–H groups in total. The Morgan fingerprint density at radius 2 is 1.82 bits per heavy atom. The summed E-state index contributed by atoms with van der Waals surface area (Å²) in [5.41, 5.74) is 5.22. The number of rotatable bonds is 5. The largest absolute Gasteiger partial charge is 0.476 e. The molecule has 0 saturated carbocycles. The Balaban J connectivity index is 4.13. The maximum absolute atomic E-state index is 10.4. The van der Waals surface area contributed by atoms with Crippen LogP contribution in [0.25, 0.3) is 0 Å². The number of carbonyl (C=O) groups is 1. The van der Waals surface area contributed by atoms with E-state index in [4.69, 9.17) is 10.8 Å². The van der Waals surface area contributed by atoms with E-state index < -0.39 is 11.9 Å². The van der Waals surface area contributed by atoms with Gasteiger partial charge >= 0.3 is 11.9 Å². The fourth-order valence-electron chi connectivity index (χ4n) is 0.594. The summed E-state index contributed by atoms with van der Waals surface area (Å²) in [4.78, 5) is 10.4. The van der Waals surface area contributed by atoms with Crippen molar-refractivity contribution < 1.29 is 19.4 Å². The molecule has 0 spiro atoms. The monoisotopic (exact) mass is 163 g/mol.